The van der Waals surface area contributed by atoms with E-state index in [2.05, 4.69) is 6.92 Å². The lowest BCUT2D eigenvalue weighted by atomic mass is 9.60. The van der Waals surface area contributed by atoms with Gasteiger partial charge in [-0.1, -0.05) is 32.6 Å². The van der Waals surface area contributed by atoms with Crippen LogP contribution in [0.2, 0.25) is 0 Å². The van der Waals surface area contributed by atoms with E-state index in [0.717, 1.165) is 30.2 Å². The maximum absolute atomic E-state index is 5.82. The van der Waals surface area contributed by atoms with Gasteiger partial charge in [-0.05, 0) is 49.5 Å². The van der Waals surface area contributed by atoms with Gasteiger partial charge < -0.3 is 5.73 Å². The Morgan fingerprint density at radius 2 is 1.64 bits per heavy atom. The molecule has 0 spiro atoms. The molecule has 0 bridgehead atoms. The average molecular weight is 195 g/mol. The van der Waals surface area contributed by atoms with E-state index >= 15 is 0 Å². The SMILES string of the molecule is CCC1CCCCC1C1CCC1CN. The Balaban J connectivity index is 1.93. The third kappa shape index (κ3) is 1.84. The summed E-state index contributed by atoms with van der Waals surface area (Å²) in [4.78, 5) is 0. The zero-order valence-electron chi connectivity index (χ0n) is 9.54. The smallest absolute Gasteiger partial charge is 0.00461 e. The third-order valence-corrected chi connectivity index (χ3v) is 4.82. The van der Waals surface area contributed by atoms with E-state index in [4.69, 9.17) is 5.73 Å². The number of rotatable bonds is 3. The van der Waals surface area contributed by atoms with Crippen LogP contribution in [0.3, 0.4) is 0 Å². The van der Waals surface area contributed by atoms with Crippen molar-refractivity contribution in [2.75, 3.05) is 6.54 Å². The first kappa shape index (κ1) is 10.5. The van der Waals surface area contributed by atoms with Gasteiger partial charge in [0.05, 0.1) is 0 Å². The van der Waals surface area contributed by atoms with E-state index in [-0.39, 0.29) is 0 Å². The molecular formula is C13H25N. The van der Waals surface area contributed by atoms with Crippen LogP contribution >= 0.6 is 0 Å². The third-order valence-electron chi connectivity index (χ3n) is 4.82. The summed E-state index contributed by atoms with van der Waals surface area (Å²) in [6, 6.07) is 0. The molecule has 14 heavy (non-hydrogen) atoms. The van der Waals surface area contributed by atoms with Crippen LogP contribution in [0.4, 0.5) is 0 Å². The van der Waals surface area contributed by atoms with E-state index in [1.54, 1.807) is 0 Å². The fourth-order valence-electron chi connectivity index (χ4n) is 3.76. The van der Waals surface area contributed by atoms with Gasteiger partial charge in [-0.2, -0.15) is 0 Å². The number of hydrogen-bond donors (Lipinski definition) is 1. The van der Waals surface area contributed by atoms with Crippen LogP contribution in [0.15, 0.2) is 0 Å². The van der Waals surface area contributed by atoms with Gasteiger partial charge in [-0.3, -0.25) is 0 Å². The van der Waals surface area contributed by atoms with Gasteiger partial charge in [0.2, 0.25) is 0 Å². The molecule has 4 unspecified atom stereocenters. The Morgan fingerprint density at radius 1 is 0.929 bits per heavy atom. The standard InChI is InChI=1S/C13H25N/c1-2-10-5-3-4-6-12(10)13-8-7-11(13)9-14/h10-13H,2-9,14H2,1H3. The minimum atomic E-state index is 0.882. The second-order valence-corrected chi connectivity index (χ2v) is 5.35. The highest BCUT2D eigenvalue weighted by Gasteiger charge is 2.39. The maximum atomic E-state index is 5.82. The first-order valence-electron chi connectivity index (χ1n) is 6.56. The van der Waals surface area contributed by atoms with Crippen LogP contribution in [0.5, 0.6) is 0 Å². The lowest BCUT2D eigenvalue weighted by molar-refractivity contribution is 0.0438. The van der Waals surface area contributed by atoms with Crippen LogP contribution in [-0.4, -0.2) is 6.54 Å². The van der Waals surface area contributed by atoms with Gasteiger partial charge >= 0.3 is 0 Å². The Morgan fingerprint density at radius 3 is 2.21 bits per heavy atom. The molecule has 2 aliphatic carbocycles. The minimum Gasteiger partial charge on any atom is -0.330 e. The molecule has 1 nitrogen and oxygen atoms in total. The molecule has 0 radical (unpaired) electrons. The van der Waals surface area contributed by atoms with Crippen molar-refractivity contribution < 1.29 is 0 Å². The molecule has 2 aliphatic rings. The molecule has 2 N–H and O–H groups in total. The largest absolute Gasteiger partial charge is 0.330 e. The highest BCUT2D eigenvalue weighted by molar-refractivity contribution is 4.90. The molecular weight excluding hydrogens is 170 g/mol. The van der Waals surface area contributed by atoms with E-state index in [1.807, 2.05) is 0 Å². The number of nitrogens with two attached hydrogens (primary N) is 1. The molecule has 82 valence electrons. The molecule has 2 saturated carbocycles. The van der Waals surface area contributed by atoms with Crippen molar-refractivity contribution in [2.45, 2.75) is 51.9 Å². The van der Waals surface area contributed by atoms with Crippen LogP contribution in [-0.2, 0) is 0 Å². The van der Waals surface area contributed by atoms with Gasteiger partial charge in [0, 0.05) is 0 Å². The predicted molar refractivity (Wildman–Crippen MR) is 61.0 cm³/mol. The summed E-state index contributed by atoms with van der Waals surface area (Å²) in [6.07, 6.45) is 10.2. The summed E-state index contributed by atoms with van der Waals surface area (Å²) in [6.45, 7) is 3.32. The summed E-state index contributed by atoms with van der Waals surface area (Å²) < 4.78 is 0. The molecule has 0 aromatic heterocycles. The molecule has 0 heterocycles. The Kier molecular flexibility index (Phi) is 3.48. The van der Waals surface area contributed by atoms with Crippen molar-refractivity contribution in [1.29, 1.82) is 0 Å². The van der Waals surface area contributed by atoms with Crippen molar-refractivity contribution in [3.8, 4) is 0 Å². The summed E-state index contributed by atoms with van der Waals surface area (Å²) in [5, 5.41) is 0. The first-order valence-corrected chi connectivity index (χ1v) is 6.56. The van der Waals surface area contributed by atoms with Crippen LogP contribution in [0.25, 0.3) is 0 Å². The maximum Gasteiger partial charge on any atom is -0.00461 e. The molecule has 4 atom stereocenters. The van der Waals surface area contributed by atoms with Crippen LogP contribution in [0.1, 0.15) is 51.9 Å². The van der Waals surface area contributed by atoms with Gasteiger partial charge in [0.1, 0.15) is 0 Å². The summed E-state index contributed by atoms with van der Waals surface area (Å²) in [7, 11) is 0. The summed E-state index contributed by atoms with van der Waals surface area (Å²) >= 11 is 0. The van der Waals surface area contributed by atoms with E-state index in [1.165, 1.54) is 44.9 Å². The van der Waals surface area contributed by atoms with E-state index in [0.29, 0.717) is 0 Å². The second kappa shape index (κ2) is 4.65. The fraction of sp³-hybridized carbons (Fsp3) is 1.00. The zero-order valence-corrected chi connectivity index (χ0v) is 9.54. The molecule has 0 amide bonds. The van der Waals surface area contributed by atoms with Gasteiger partial charge in [0.25, 0.3) is 0 Å². The predicted octanol–water partition coefficient (Wildman–Crippen LogP) is 3.19. The van der Waals surface area contributed by atoms with Gasteiger partial charge in [0.15, 0.2) is 0 Å². The normalized spacial score (nSPS) is 43.3. The highest BCUT2D eigenvalue weighted by Crippen LogP contribution is 2.47. The quantitative estimate of drug-likeness (QED) is 0.735. The molecule has 2 rings (SSSR count). The highest BCUT2D eigenvalue weighted by atomic mass is 14.6. The monoisotopic (exact) mass is 195 g/mol. The fourth-order valence-corrected chi connectivity index (χ4v) is 3.76. The Bertz CT molecular complexity index is 176. The Hall–Kier alpha value is -0.0400. The van der Waals surface area contributed by atoms with Crippen molar-refractivity contribution in [1.82, 2.24) is 0 Å². The lowest BCUT2D eigenvalue weighted by Gasteiger charge is -2.46. The number of hydrogen-bond acceptors (Lipinski definition) is 1. The molecule has 0 aliphatic heterocycles. The molecule has 0 aromatic rings. The lowest BCUT2D eigenvalue weighted by Crippen LogP contribution is -2.41. The van der Waals surface area contributed by atoms with Crippen LogP contribution in [0, 0.1) is 23.7 Å². The van der Waals surface area contributed by atoms with Crippen molar-refractivity contribution >= 4 is 0 Å². The molecule has 0 aromatic carbocycles. The average Bonchev–Trinajstić information content (AvgIpc) is 2.18. The van der Waals surface area contributed by atoms with Crippen molar-refractivity contribution in [3.63, 3.8) is 0 Å². The van der Waals surface area contributed by atoms with Gasteiger partial charge in [-0.15, -0.1) is 0 Å². The molecule has 2 fully saturated rings. The van der Waals surface area contributed by atoms with Crippen LogP contribution < -0.4 is 5.73 Å². The van der Waals surface area contributed by atoms with E-state index in [9.17, 15) is 0 Å². The topological polar surface area (TPSA) is 26.0 Å². The van der Waals surface area contributed by atoms with Crippen molar-refractivity contribution in [2.24, 2.45) is 29.4 Å². The summed E-state index contributed by atoms with van der Waals surface area (Å²) in [5.74, 6) is 3.96. The zero-order chi connectivity index (χ0) is 9.97. The first-order chi connectivity index (χ1) is 6.86. The molecule has 1 heteroatoms. The summed E-state index contributed by atoms with van der Waals surface area (Å²) in [5.41, 5.74) is 5.82. The Labute approximate surface area is 88.4 Å². The van der Waals surface area contributed by atoms with Crippen molar-refractivity contribution in [3.05, 3.63) is 0 Å². The van der Waals surface area contributed by atoms with Gasteiger partial charge in [-0.25, -0.2) is 0 Å². The van der Waals surface area contributed by atoms with E-state index < -0.39 is 0 Å². The second-order valence-electron chi connectivity index (χ2n) is 5.35. The minimum absolute atomic E-state index is 0.882. The molecule has 0 saturated heterocycles.